The van der Waals surface area contributed by atoms with Gasteiger partial charge in [-0.2, -0.15) is 10.2 Å². The summed E-state index contributed by atoms with van der Waals surface area (Å²) in [4.78, 5) is 12.6. The second kappa shape index (κ2) is 7.96. The number of amides is 1. The molecule has 1 atom stereocenters. The fourth-order valence-corrected chi connectivity index (χ4v) is 3.15. The number of nitrogens with zero attached hydrogens (tertiary/aromatic N) is 4. The first kappa shape index (κ1) is 19.2. The lowest BCUT2D eigenvalue weighted by Gasteiger charge is -2.13. The molecule has 8 heteroatoms. The van der Waals surface area contributed by atoms with Crippen LogP contribution in [-0.4, -0.2) is 32.6 Å². The molecule has 3 aromatic rings. The molecule has 2 aromatic heterocycles. The van der Waals surface area contributed by atoms with Crippen LogP contribution >= 0.6 is 15.9 Å². The Kier molecular flexibility index (Phi) is 5.65. The van der Waals surface area contributed by atoms with Crippen LogP contribution in [0.4, 0.5) is 5.69 Å². The smallest absolute Gasteiger partial charge is 0.249 e. The van der Waals surface area contributed by atoms with Crippen molar-refractivity contribution in [3.63, 3.8) is 0 Å². The molecule has 0 aliphatic rings. The van der Waals surface area contributed by atoms with Gasteiger partial charge in [-0.25, -0.2) is 0 Å². The molecule has 2 heterocycles. The van der Waals surface area contributed by atoms with Gasteiger partial charge in [-0.05, 0) is 54.4 Å². The van der Waals surface area contributed by atoms with Gasteiger partial charge in [0.25, 0.3) is 0 Å². The van der Waals surface area contributed by atoms with Gasteiger partial charge in [-0.15, -0.1) is 0 Å². The number of anilines is 1. The van der Waals surface area contributed by atoms with Gasteiger partial charge in [0.2, 0.25) is 5.91 Å². The molecule has 0 saturated heterocycles. The number of hydrogen-bond donors (Lipinski definition) is 1. The Morgan fingerprint density at radius 2 is 2.15 bits per heavy atom. The number of hydrogen-bond acceptors (Lipinski definition) is 4. The van der Waals surface area contributed by atoms with Gasteiger partial charge >= 0.3 is 0 Å². The summed E-state index contributed by atoms with van der Waals surface area (Å²) in [5.74, 6) is 0.666. The van der Waals surface area contributed by atoms with Gasteiger partial charge in [-0.3, -0.25) is 14.2 Å². The normalized spacial score (nSPS) is 12.0. The molecular weight excluding hydrogens is 410 g/mol. The molecule has 7 nitrogen and oxygen atoms in total. The average molecular weight is 432 g/mol. The van der Waals surface area contributed by atoms with Crippen molar-refractivity contribution in [2.75, 3.05) is 12.4 Å². The van der Waals surface area contributed by atoms with Crippen LogP contribution in [-0.2, 0) is 11.3 Å². The van der Waals surface area contributed by atoms with Crippen LogP contribution in [0.25, 0.3) is 0 Å². The van der Waals surface area contributed by atoms with E-state index in [0.717, 1.165) is 32.9 Å². The van der Waals surface area contributed by atoms with Gasteiger partial charge < -0.3 is 10.1 Å². The minimum absolute atomic E-state index is 0.141. The summed E-state index contributed by atoms with van der Waals surface area (Å²) >= 11 is 3.35. The second-order valence-electron chi connectivity index (χ2n) is 6.36. The van der Waals surface area contributed by atoms with Gasteiger partial charge in [0, 0.05) is 6.20 Å². The van der Waals surface area contributed by atoms with Crippen molar-refractivity contribution in [2.24, 2.45) is 0 Å². The molecule has 0 aliphatic heterocycles. The van der Waals surface area contributed by atoms with E-state index in [0.29, 0.717) is 6.54 Å². The predicted octanol–water partition coefficient (Wildman–Crippen LogP) is 3.72. The van der Waals surface area contributed by atoms with Crippen LogP contribution in [0.1, 0.15) is 29.9 Å². The van der Waals surface area contributed by atoms with E-state index in [-0.39, 0.29) is 5.91 Å². The number of aryl methyl sites for hydroxylation is 1. The summed E-state index contributed by atoms with van der Waals surface area (Å²) in [6.45, 7) is 6.24. The standard InChI is InChI=1S/C19H22BrN5O2/c1-12-18(22-19(26)14(3)24-11-16(20)9-21-24)13(2)25(23-12)10-15-6-5-7-17(8-15)27-4/h5-9,11,14H,10H2,1-4H3,(H,22,26). The molecular formula is C19H22BrN5O2. The van der Waals surface area contributed by atoms with Gasteiger partial charge in [-0.1, -0.05) is 12.1 Å². The van der Waals surface area contributed by atoms with E-state index in [1.54, 1.807) is 31.1 Å². The summed E-state index contributed by atoms with van der Waals surface area (Å²) in [5.41, 5.74) is 3.49. The van der Waals surface area contributed by atoms with Gasteiger partial charge in [0.15, 0.2) is 0 Å². The summed E-state index contributed by atoms with van der Waals surface area (Å²) in [5, 5.41) is 11.7. The Labute approximate surface area is 166 Å². The van der Waals surface area contributed by atoms with E-state index >= 15 is 0 Å². The number of ether oxygens (including phenoxy) is 1. The van der Waals surface area contributed by atoms with Crippen molar-refractivity contribution in [2.45, 2.75) is 33.4 Å². The lowest BCUT2D eigenvalue weighted by atomic mass is 10.2. The number of methoxy groups -OCH3 is 1. The molecule has 1 N–H and O–H groups in total. The zero-order chi connectivity index (χ0) is 19.6. The van der Waals surface area contributed by atoms with E-state index in [1.807, 2.05) is 42.8 Å². The first-order valence-electron chi connectivity index (χ1n) is 8.56. The number of nitrogens with one attached hydrogen (secondary N) is 1. The number of halogens is 1. The average Bonchev–Trinajstić information content (AvgIpc) is 3.20. The molecule has 27 heavy (non-hydrogen) atoms. The molecule has 0 spiro atoms. The van der Waals surface area contributed by atoms with Crippen LogP contribution < -0.4 is 10.1 Å². The fourth-order valence-electron chi connectivity index (χ4n) is 2.85. The number of carbonyl (C=O) groups is 1. The highest BCUT2D eigenvalue weighted by atomic mass is 79.9. The SMILES string of the molecule is COc1cccc(Cn2nc(C)c(NC(=O)C(C)n3cc(Br)cn3)c2C)c1. The molecule has 1 aromatic carbocycles. The molecule has 1 unspecified atom stereocenters. The highest BCUT2D eigenvalue weighted by Crippen LogP contribution is 2.23. The number of carbonyl (C=O) groups excluding carboxylic acids is 1. The largest absolute Gasteiger partial charge is 0.497 e. The van der Waals surface area contributed by atoms with E-state index in [9.17, 15) is 4.79 Å². The van der Waals surface area contributed by atoms with Gasteiger partial charge in [0.05, 0.1) is 41.4 Å². The van der Waals surface area contributed by atoms with Crippen molar-refractivity contribution < 1.29 is 9.53 Å². The number of aromatic nitrogens is 4. The number of rotatable bonds is 6. The summed E-state index contributed by atoms with van der Waals surface area (Å²) in [7, 11) is 1.65. The monoisotopic (exact) mass is 431 g/mol. The first-order valence-corrected chi connectivity index (χ1v) is 9.35. The van der Waals surface area contributed by atoms with Gasteiger partial charge in [0.1, 0.15) is 11.8 Å². The second-order valence-corrected chi connectivity index (χ2v) is 7.27. The minimum atomic E-state index is -0.433. The van der Waals surface area contributed by atoms with Crippen LogP contribution in [0.2, 0.25) is 0 Å². The van der Waals surface area contributed by atoms with Crippen LogP contribution in [0.5, 0.6) is 5.75 Å². The Morgan fingerprint density at radius 1 is 1.37 bits per heavy atom. The zero-order valence-corrected chi connectivity index (χ0v) is 17.3. The van der Waals surface area contributed by atoms with E-state index < -0.39 is 6.04 Å². The molecule has 0 radical (unpaired) electrons. The molecule has 0 bridgehead atoms. The first-order chi connectivity index (χ1) is 12.9. The Hall–Kier alpha value is -2.61. The van der Waals surface area contributed by atoms with Crippen molar-refractivity contribution >= 4 is 27.5 Å². The van der Waals surface area contributed by atoms with Crippen molar-refractivity contribution in [3.05, 3.63) is 58.1 Å². The van der Waals surface area contributed by atoms with E-state index in [1.165, 1.54) is 0 Å². The zero-order valence-electron chi connectivity index (χ0n) is 15.7. The Morgan fingerprint density at radius 3 is 2.81 bits per heavy atom. The summed E-state index contributed by atoms with van der Waals surface area (Å²) < 4.78 is 9.61. The third kappa shape index (κ3) is 4.21. The van der Waals surface area contributed by atoms with Crippen molar-refractivity contribution in [1.82, 2.24) is 19.6 Å². The van der Waals surface area contributed by atoms with E-state index in [2.05, 4.69) is 31.4 Å². The maximum atomic E-state index is 12.6. The molecule has 1 amide bonds. The predicted molar refractivity (Wildman–Crippen MR) is 107 cm³/mol. The van der Waals surface area contributed by atoms with Crippen LogP contribution in [0.3, 0.4) is 0 Å². The molecule has 0 saturated carbocycles. The Bertz CT molecular complexity index is 963. The fraction of sp³-hybridized carbons (Fsp3) is 0.316. The number of benzene rings is 1. The summed E-state index contributed by atoms with van der Waals surface area (Å²) in [6.07, 6.45) is 3.43. The maximum absolute atomic E-state index is 12.6. The lowest BCUT2D eigenvalue weighted by molar-refractivity contribution is -0.119. The lowest BCUT2D eigenvalue weighted by Crippen LogP contribution is -2.24. The highest BCUT2D eigenvalue weighted by Gasteiger charge is 2.20. The van der Waals surface area contributed by atoms with Crippen LogP contribution in [0, 0.1) is 13.8 Å². The third-order valence-electron chi connectivity index (χ3n) is 4.44. The summed E-state index contributed by atoms with van der Waals surface area (Å²) in [6, 6.07) is 7.43. The van der Waals surface area contributed by atoms with Crippen LogP contribution in [0.15, 0.2) is 41.1 Å². The van der Waals surface area contributed by atoms with Crippen molar-refractivity contribution in [1.29, 1.82) is 0 Å². The molecule has 3 rings (SSSR count). The molecule has 0 fully saturated rings. The highest BCUT2D eigenvalue weighted by molar-refractivity contribution is 9.10. The Balaban J connectivity index is 1.78. The molecule has 142 valence electrons. The quantitative estimate of drug-likeness (QED) is 0.645. The van der Waals surface area contributed by atoms with E-state index in [4.69, 9.17) is 4.74 Å². The third-order valence-corrected chi connectivity index (χ3v) is 4.85. The maximum Gasteiger partial charge on any atom is 0.249 e. The molecule has 0 aliphatic carbocycles. The topological polar surface area (TPSA) is 74.0 Å². The minimum Gasteiger partial charge on any atom is -0.497 e. The van der Waals surface area contributed by atoms with Crippen molar-refractivity contribution in [3.8, 4) is 5.75 Å².